The number of benzene rings is 2. The highest BCUT2D eigenvalue weighted by Gasteiger charge is 2.47. The van der Waals surface area contributed by atoms with E-state index >= 15 is 0 Å². The van der Waals surface area contributed by atoms with Crippen LogP contribution in [0.4, 0.5) is 11.4 Å². The molecule has 0 unspecified atom stereocenters. The summed E-state index contributed by atoms with van der Waals surface area (Å²) in [5.41, 5.74) is 6.13. The van der Waals surface area contributed by atoms with E-state index in [9.17, 15) is 13.2 Å². The maximum Gasteiger partial charge on any atom is 0.234 e. The average Bonchev–Trinajstić information content (AvgIpc) is 3.16. The molecule has 1 amide bonds. The Morgan fingerprint density at radius 3 is 2.45 bits per heavy atom. The Bertz CT molecular complexity index is 1150. The summed E-state index contributed by atoms with van der Waals surface area (Å²) >= 11 is 1.36. The molecule has 0 bridgehead atoms. The van der Waals surface area contributed by atoms with Gasteiger partial charge in [-0.05, 0) is 62.1 Å². The van der Waals surface area contributed by atoms with Crippen LogP contribution in [-0.2, 0) is 14.6 Å². The number of rotatable bonds is 4. The molecule has 31 heavy (non-hydrogen) atoms. The van der Waals surface area contributed by atoms with Crippen molar-refractivity contribution in [2.24, 2.45) is 4.99 Å². The van der Waals surface area contributed by atoms with Crippen molar-refractivity contribution in [3.8, 4) is 0 Å². The second kappa shape index (κ2) is 8.31. The third-order valence-corrected chi connectivity index (χ3v) is 8.62. The summed E-state index contributed by atoms with van der Waals surface area (Å²) in [7, 11) is -3.11. The molecule has 1 N–H and O–H groups in total. The van der Waals surface area contributed by atoms with E-state index in [1.165, 1.54) is 17.3 Å². The summed E-state index contributed by atoms with van der Waals surface area (Å²) < 4.78 is 24.4. The summed E-state index contributed by atoms with van der Waals surface area (Å²) in [6.45, 7) is 8.03. The maximum absolute atomic E-state index is 12.7. The van der Waals surface area contributed by atoms with Crippen LogP contribution in [0.2, 0.25) is 0 Å². The summed E-state index contributed by atoms with van der Waals surface area (Å²) in [6.07, 6.45) is 0. The number of aryl methyl sites for hydroxylation is 4. The number of amidine groups is 1. The number of nitrogens with zero attached hydrogens (tertiary/aromatic N) is 2. The second-order valence-electron chi connectivity index (χ2n) is 8.37. The standard InChI is InChI=1S/C23H27N3O3S2/c1-14-8-9-18(10-17(14)4)26-20-13-31(28,29)12-19(20)24-23(26)30-11-21(27)25-22-15(2)6-5-7-16(22)3/h5-10,19-20H,11-13H2,1-4H3,(H,25,27)/t19-,20+/m1/s1. The molecule has 1 fully saturated rings. The molecular formula is C23H27N3O3S2. The molecule has 8 heteroatoms. The first-order valence-corrected chi connectivity index (χ1v) is 13.1. The Labute approximate surface area is 188 Å². The topological polar surface area (TPSA) is 78.8 Å². The summed E-state index contributed by atoms with van der Waals surface area (Å²) in [4.78, 5) is 19.4. The zero-order valence-corrected chi connectivity index (χ0v) is 19.8. The van der Waals surface area contributed by atoms with Gasteiger partial charge in [-0.3, -0.25) is 9.79 Å². The molecule has 2 aliphatic rings. The minimum absolute atomic E-state index is 0.0671. The molecule has 2 heterocycles. The van der Waals surface area contributed by atoms with E-state index in [4.69, 9.17) is 4.99 Å². The van der Waals surface area contributed by atoms with Crippen molar-refractivity contribution in [2.45, 2.75) is 39.8 Å². The third kappa shape index (κ3) is 4.50. The summed E-state index contributed by atoms with van der Waals surface area (Å²) in [5.74, 6) is 0.264. The number of carbonyl (C=O) groups excluding carboxylic acids is 1. The summed E-state index contributed by atoms with van der Waals surface area (Å²) in [5, 5.41) is 3.72. The van der Waals surface area contributed by atoms with Gasteiger partial charge in [0.05, 0.1) is 29.3 Å². The molecular weight excluding hydrogens is 430 g/mol. The van der Waals surface area contributed by atoms with Crippen molar-refractivity contribution in [2.75, 3.05) is 27.5 Å². The molecule has 2 atom stereocenters. The quantitative estimate of drug-likeness (QED) is 0.758. The highest BCUT2D eigenvalue weighted by atomic mass is 32.2. The van der Waals surface area contributed by atoms with Crippen LogP contribution < -0.4 is 10.2 Å². The number of para-hydroxylation sites is 1. The SMILES string of the molecule is Cc1ccc(N2C(SCC(=O)Nc3c(C)cccc3C)=N[C@@H]3CS(=O)(=O)C[C@@H]32)cc1C. The van der Waals surface area contributed by atoms with Crippen LogP contribution in [0.15, 0.2) is 41.4 Å². The number of anilines is 2. The largest absolute Gasteiger partial charge is 0.325 e. The molecule has 164 valence electrons. The molecule has 2 aliphatic heterocycles. The first-order valence-electron chi connectivity index (χ1n) is 10.3. The fourth-order valence-corrected chi connectivity index (χ4v) is 6.89. The lowest BCUT2D eigenvalue weighted by Crippen LogP contribution is -2.39. The van der Waals surface area contributed by atoms with Gasteiger partial charge in [0.25, 0.3) is 0 Å². The summed E-state index contributed by atoms with van der Waals surface area (Å²) in [6, 6.07) is 11.5. The van der Waals surface area contributed by atoms with E-state index in [-0.39, 0.29) is 35.2 Å². The van der Waals surface area contributed by atoms with E-state index in [1.54, 1.807) is 0 Å². The van der Waals surface area contributed by atoms with Crippen molar-refractivity contribution < 1.29 is 13.2 Å². The molecule has 0 spiro atoms. The Kier molecular flexibility index (Phi) is 5.87. The van der Waals surface area contributed by atoms with Crippen molar-refractivity contribution >= 4 is 44.0 Å². The van der Waals surface area contributed by atoms with Crippen molar-refractivity contribution in [1.82, 2.24) is 0 Å². The van der Waals surface area contributed by atoms with E-state index in [2.05, 4.69) is 11.4 Å². The Morgan fingerprint density at radius 2 is 1.77 bits per heavy atom. The lowest BCUT2D eigenvalue weighted by Gasteiger charge is -2.27. The minimum Gasteiger partial charge on any atom is -0.325 e. The van der Waals surface area contributed by atoms with Crippen LogP contribution in [0.1, 0.15) is 22.3 Å². The lowest BCUT2D eigenvalue weighted by molar-refractivity contribution is -0.113. The van der Waals surface area contributed by atoms with Gasteiger partial charge in [0.1, 0.15) is 0 Å². The number of nitrogens with one attached hydrogen (secondary N) is 1. The number of aliphatic imine (C=N–C) groups is 1. The third-order valence-electron chi connectivity index (χ3n) is 5.95. The van der Waals surface area contributed by atoms with Gasteiger partial charge in [-0.1, -0.05) is 36.0 Å². The van der Waals surface area contributed by atoms with Crippen molar-refractivity contribution in [1.29, 1.82) is 0 Å². The Balaban J connectivity index is 1.54. The van der Waals surface area contributed by atoms with E-state index in [0.717, 1.165) is 28.1 Å². The van der Waals surface area contributed by atoms with E-state index < -0.39 is 9.84 Å². The van der Waals surface area contributed by atoms with Crippen LogP contribution in [0.3, 0.4) is 0 Å². The van der Waals surface area contributed by atoms with Crippen molar-refractivity contribution in [3.63, 3.8) is 0 Å². The predicted molar refractivity (Wildman–Crippen MR) is 129 cm³/mol. The number of thioether (sulfide) groups is 1. The molecule has 6 nitrogen and oxygen atoms in total. The van der Waals surface area contributed by atoms with Crippen LogP contribution >= 0.6 is 11.8 Å². The zero-order chi connectivity index (χ0) is 22.3. The Hall–Kier alpha value is -2.32. The molecule has 2 aromatic rings. The number of hydrogen-bond acceptors (Lipinski definition) is 6. The fraction of sp³-hybridized carbons (Fsp3) is 0.391. The average molecular weight is 458 g/mol. The number of sulfone groups is 1. The van der Waals surface area contributed by atoms with E-state index in [0.29, 0.717) is 5.17 Å². The monoisotopic (exact) mass is 457 g/mol. The minimum atomic E-state index is -3.11. The number of fused-ring (bicyclic) bond motifs is 1. The zero-order valence-electron chi connectivity index (χ0n) is 18.2. The number of amides is 1. The molecule has 4 rings (SSSR count). The highest BCUT2D eigenvalue weighted by molar-refractivity contribution is 8.14. The smallest absolute Gasteiger partial charge is 0.234 e. The molecule has 0 aliphatic carbocycles. The normalized spacial score (nSPS) is 21.7. The van der Waals surface area contributed by atoms with Crippen LogP contribution in [0, 0.1) is 27.7 Å². The lowest BCUT2D eigenvalue weighted by atomic mass is 10.1. The van der Waals surface area contributed by atoms with E-state index in [1.807, 2.05) is 62.9 Å². The first kappa shape index (κ1) is 21.9. The van der Waals surface area contributed by atoms with Crippen molar-refractivity contribution in [3.05, 3.63) is 58.7 Å². The van der Waals surface area contributed by atoms with Gasteiger partial charge in [0, 0.05) is 11.4 Å². The fourth-order valence-electron chi connectivity index (χ4n) is 4.13. The van der Waals surface area contributed by atoms with Gasteiger partial charge in [0.15, 0.2) is 15.0 Å². The first-order chi connectivity index (χ1) is 14.6. The Morgan fingerprint density at radius 1 is 1.06 bits per heavy atom. The molecule has 0 saturated carbocycles. The maximum atomic E-state index is 12.7. The van der Waals surface area contributed by atoms with Gasteiger partial charge in [0.2, 0.25) is 5.91 Å². The van der Waals surface area contributed by atoms with Gasteiger partial charge in [-0.2, -0.15) is 0 Å². The highest BCUT2D eigenvalue weighted by Crippen LogP contribution is 2.36. The number of carbonyl (C=O) groups is 1. The molecule has 2 aromatic carbocycles. The van der Waals surface area contributed by atoms with Crippen LogP contribution in [-0.4, -0.2) is 48.8 Å². The van der Waals surface area contributed by atoms with Gasteiger partial charge >= 0.3 is 0 Å². The van der Waals surface area contributed by atoms with Crippen LogP contribution in [0.5, 0.6) is 0 Å². The van der Waals surface area contributed by atoms with Gasteiger partial charge in [-0.15, -0.1) is 0 Å². The predicted octanol–water partition coefficient (Wildman–Crippen LogP) is 3.63. The second-order valence-corrected chi connectivity index (χ2v) is 11.5. The molecule has 0 aromatic heterocycles. The van der Waals surface area contributed by atoms with Gasteiger partial charge in [-0.25, -0.2) is 8.42 Å². The molecule has 1 saturated heterocycles. The number of hydrogen-bond donors (Lipinski definition) is 1. The van der Waals surface area contributed by atoms with Crippen LogP contribution in [0.25, 0.3) is 0 Å². The molecule has 0 radical (unpaired) electrons. The van der Waals surface area contributed by atoms with Gasteiger partial charge < -0.3 is 10.2 Å².